The molecule has 2 N–H and O–H groups in total. The van der Waals surface area contributed by atoms with Gasteiger partial charge in [-0.25, -0.2) is 0 Å². The molecule has 0 atom stereocenters. The Kier molecular flexibility index (Phi) is 3.17. The fourth-order valence-corrected chi connectivity index (χ4v) is 2.06. The zero-order chi connectivity index (χ0) is 11.6. The lowest BCUT2D eigenvalue weighted by atomic mass is 9.93. The van der Waals surface area contributed by atoms with E-state index in [0.29, 0.717) is 0 Å². The lowest BCUT2D eigenvalue weighted by Crippen LogP contribution is -2.42. The standard InChI is InChI=1S/C13H19NO2/c1-13(16)6-8-14(9-7-13)12-4-2-11(10-15)3-5-12/h2-5,15-16H,6-10H2,1H3. The van der Waals surface area contributed by atoms with Crippen LogP contribution in [0.4, 0.5) is 5.69 Å². The van der Waals surface area contributed by atoms with Crippen LogP contribution >= 0.6 is 0 Å². The molecule has 1 aromatic carbocycles. The Labute approximate surface area is 96.3 Å². The molecule has 0 saturated carbocycles. The highest BCUT2D eigenvalue weighted by Gasteiger charge is 2.27. The van der Waals surface area contributed by atoms with Crippen molar-refractivity contribution in [2.45, 2.75) is 32.0 Å². The molecule has 1 saturated heterocycles. The van der Waals surface area contributed by atoms with Gasteiger partial charge < -0.3 is 15.1 Å². The molecule has 1 heterocycles. The summed E-state index contributed by atoms with van der Waals surface area (Å²) in [5.74, 6) is 0. The zero-order valence-electron chi connectivity index (χ0n) is 9.69. The Bertz CT molecular complexity index is 335. The molecule has 0 aromatic heterocycles. The monoisotopic (exact) mass is 221 g/mol. The van der Waals surface area contributed by atoms with E-state index >= 15 is 0 Å². The first-order valence-electron chi connectivity index (χ1n) is 5.78. The topological polar surface area (TPSA) is 43.7 Å². The molecule has 1 aromatic rings. The summed E-state index contributed by atoms with van der Waals surface area (Å²) < 4.78 is 0. The molecule has 1 fully saturated rings. The van der Waals surface area contributed by atoms with Gasteiger partial charge in [0.15, 0.2) is 0 Å². The van der Waals surface area contributed by atoms with E-state index in [1.54, 1.807) is 0 Å². The number of nitrogens with zero attached hydrogens (tertiary/aromatic N) is 1. The predicted molar refractivity (Wildman–Crippen MR) is 64.4 cm³/mol. The Hall–Kier alpha value is -1.06. The zero-order valence-corrected chi connectivity index (χ0v) is 9.69. The van der Waals surface area contributed by atoms with Crippen molar-refractivity contribution in [1.29, 1.82) is 0 Å². The minimum atomic E-state index is -0.498. The molecule has 0 aliphatic carbocycles. The summed E-state index contributed by atoms with van der Waals surface area (Å²) >= 11 is 0. The van der Waals surface area contributed by atoms with Crippen molar-refractivity contribution in [2.24, 2.45) is 0 Å². The Morgan fingerprint density at radius 2 is 1.75 bits per heavy atom. The molecule has 3 heteroatoms. The lowest BCUT2D eigenvalue weighted by Gasteiger charge is -2.37. The first-order chi connectivity index (χ1) is 7.61. The number of anilines is 1. The van der Waals surface area contributed by atoms with E-state index in [4.69, 9.17) is 5.11 Å². The van der Waals surface area contributed by atoms with Crippen molar-refractivity contribution in [2.75, 3.05) is 18.0 Å². The van der Waals surface area contributed by atoms with E-state index in [2.05, 4.69) is 4.90 Å². The summed E-state index contributed by atoms with van der Waals surface area (Å²) in [6.45, 7) is 3.78. The van der Waals surface area contributed by atoms with Crippen LogP contribution < -0.4 is 4.90 Å². The molecule has 88 valence electrons. The van der Waals surface area contributed by atoms with E-state index in [1.165, 1.54) is 5.69 Å². The predicted octanol–water partition coefficient (Wildman–Crippen LogP) is 1.53. The fourth-order valence-electron chi connectivity index (χ4n) is 2.06. The van der Waals surface area contributed by atoms with E-state index in [0.717, 1.165) is 31.5 Å². The summed E-state index contributed by atoms with van der Waals surface area (Å²) in [5.41, 5.74) is 1.61. The highest BCUT2D eigenvalue weighted by Crippen LogP contribution is 2.25. The number of hydrogen-bond acceptors (Lipinski definition) is 3. The summed E-state index contributed by atoms with van der Waals surface area (Å²) in [6.07, 6.45) is 1.63. The van der Waals surface area contributed by atoms with Crippen molar-refractivity contribution in [3.05, 3.63) is 29.8 Å². The van der Waals surface area contributed by atoms with Crippen LogP contribution in [0.2, 0.25) is 0 Å². The molecule has 2 rings (SSSR count). The molecule has 0 radical (unpaired) electrons. The number of benzene rings is 1. The molecule has 1 aliphatic rings. The average molecular weight is 221 g/mol. The summed E-state index contributed by atoms with van der Waals surface area (Å²) in [6, 6.07) is 7.96. The maximum Gasteiger partial charge on any atom is 0.0681 e. The van der Waals surface area contributed by atoms with Gasteiger partial charge in [0.2, 0.25) is 0 Å². The third kappa shape index (κ3) is 2.54. The number of rotatable bonds is 2. The third-order valence-electron chi connectivity index (χ3n) is 3.32. The van der Waals surface area contributed by atoms with E-state index < -0.39 is 5.60 Å². The van der Waals surface area contributed by atoms with Gasteiger partial charge in [0.1, 0.15) is 0 Å². The van der Waals surface area contributed by atoms with E-state index in [-0.39, 0.29) is 6.61 Å². The number of aliphatic hydroxyl groups excluding tert-OH is 1. The molecular weight excluding hydrogens is 202 g/mol. The Morgan fingerprint density at radius 3 is 2.25 bits per heavy atom. The summed E-state index contributed by atoms with van der Waals surface area (Å²) in [7, 11) is 0. The molecule has 0 amide bonds. The van der Waals surface area contributed by atoms with Crippen LogP contribution in [0.25, 0.3) is 0 Å². The first-order valence-corrected chi connectivity index (χ1v) is 5.78. The van der Waals surface area contributed by atoms with Gasteiger partial charge in [0.25, 0.3) is 0 Å². The van der Waals surface area contributed by atoms with Crippen molar-refractivity contribution in [1.82, 2.24) is 0 Å². The summed E-state index contributed by atoms with van der Waals surface area (Å²) in [4.78, 5) is 2.28. The lowest BCUT2D eigenvalue weighted by molar-refractivity contribution is 0.0351. The maximum absolute atomic E-state index is 9.86. The number of hydrogen-bond donors (Lipinski definition) is 2. The fraction of sp³-hybridized carbons (Fsp3) is 0.538. The van der Waals surface area contributed by atoms with Crippen LogP contribution in [0.1, 0.15) is 25.3 Å². The third-order valence-corrected chi connectivity index (χ3v) is 3.32. The van der Waals surface area contributed by atoms with Crippen LogP contribution in [0.15, 0.2) is 24.3 Å². The van der Waals surface area contributed by atoms with Gasteiger partial charge in [0, 0.05) is 18.8 Å². The van der Waals surface area contributed by atoms with Crippen LogP contribution in [-0.2, 0) is 6.61 Å². The van der Waals surface area contributed by atoms with E-state index in [9.17, 15) is 5.11 Å². The van der Waals surface area contributed by atoms with Gasteiger partial charge in [-0.2, -0.15) is 0 Å². The van der Waals surface area contributed by atoms with Crippen molar-refractivity contribution >= 4 is 5.69 Å². The molecule has 0 bridgehead atoms. The first kappa shape index (κ1) is 11.4. The average Bonchev–Trinajstić information content (AvgIpc) is 2.29. The highest BCUT2D eigenvalue weighted by atomic mass is 16.3. The quantitative estimate of drug-likeness (QED) is 0.796. The van der Waals surface area contributed by atoms with Crippen LogP contribution in [0.5, 0.6) is 0 Å². The number of piperidine rings is 1. The Balaban J connectivity index is 2.03. The SMILES string of the molecule is CC1(O)CCN(c2ccc(CO)cc2)CC1. The van der Waals surface area contributed by atoms with Crippen LogP contribution in [-0.4, -0.2) is 28.9 Å². The van der Waals surface area contributed by atoms with Crippen molar-refractivity contribution < 1.29 is 10.2 Å². The minimum Gasteiger partial charge on any atom is -0.392 e. The smallest absolute Gasteiger partial charge is 0.0681 e. The maximum atomic E-state index is 9.86. The van der Waals surface area contributed by atoms with Crippen LogP contribution in [0.3, 0.4) is 0 Å². The number of aliphatic hydroxyl groups is 2. The van der Waals surface area contributed by atoms with Gasteiger partial charge in [-0.1, -0.05) is 12.1 Å². The second-order valence-corrected chi connectivity index (χ2v) is 4.81. The van der Waals surface area contributed by atoms with Crippen LogP contribution in [0, 0.1) is 0 Å². The summed E-state index contributed by atoms with van der Waals surface area (Å²) in [5, 5.41) is 18.8. The van der Waals surface area contributed by atoms with Gasteiger partial charge in [-0.05, 0) is 37.5 Å². The second kappa shape index (κ2) is 4.44. The molecule has 0 unspecified atom stereocenters. The van der Waals surface area contributed by atoms with Gasteiger partial charge in [-0.15, -0.1) is 0 Å². The van der Waals surface area contributed by atoms with Gasteiger partial charge in [0.05, 0.1) is 12.2 Å². The molecular formula is C13H19NO2. The van der Waals surface area contributed by atoms with Crippen molar-refractivity contribution in [3.63, 3.8) is 0 Å². The van der Waals surface area contributed by atoms with Crippen molar-refractivity contribution in [3.8, 4) is 0 Å². The minimum absolute atomic E-state index is 0.0923. The largest absolute Gasteiger partial charge is 0.392 e. The van der Waals surface area contributed by atoms with Gasteiger partial charge >= 0.3 is 0 Å². The van der Waals surface area contributed by atoms with E-state index in [1.807, 2.05) is 31.2 Å². The molecule has 3 nitrogen and oxygen atoms in total. The second-order valence-electron chi connectivity index (χ2n) is 4.81. The highest BCUT2D eigenvalue weighted by molar-refractivity contribution is 5.48. The molecule has 16 heavy (non-hydrogen) atoms. The molecule has 0 spiro atoms. The normalized spacial score (nSPS) is 19.8. The Morgan fingerprint density at radius 1 is 1.19 bits per heavy atom. The molecule has 1 aliphatic heterocycles. The van der Waals surface area contributed by atoms with Gasteiger partial charge in [-0.3, -0.25) is 0 Å².